The molecule has 5 nitrogen and oxygen atoms in total. The molecule has 0 aliphatic heterocycles. The molecule has 2 amide bonds. The Morgan fingerprint density at radius 3 is 2.23 bits per heavy atom. The van der Waals surface area contributed by atoms with Crippen LogP contribution in [0.1, 0.15) is 15.9 Å². The number of anilines is 2. The molecule has 0 aliphatic rings. The van der Waals surface area contributed by atoms with E-state index in [1.54, 1.807) is 78.9 Å². The van der Waals surface area contributed by atoms with Crippen LogP contribution in [0.3, 0.4) is 0 Å². The number of halogens is 2. The highest BCUT2D eigenvalue weighted by atomic mass is 35.5. The first-order valence-electron chi connectivity index (χ1n) is 9.12. The number of amides is 2. The lowest BCUT2D eigenvalue weighted by atomic mass is 10.2. The van der Waals surface area contributed by atoms with Gasteiger partial charge in [-0.05, 0) is 66.3 Å². The Balaban J connectivity index is 1.56. The lowest BCUT2D eigenvalue weighted by Gasteiger charge is -2.11. The maximum Gasteiger partial charge on any atom is 0.257 e. The molecule has 0 unspecified atom stereocenters. The monoisotopic (exact) mass is 469 g/mol. The van der Waals surface area contributed by atoms with E-state index in [9.17, 15) is 9.59 Å². The fraction of sp³-hybridized carbons (Fsp3) is 0. The topological polar surface area (TPSA) is 70.2 Å². The van der Waals surface area contributed by atoms with Crippen LogP contribution >= 0.6 is 35.4 Å². The Morgan fingerprint density at radius 1 is 0.839 bits per heavy atom. The van der Waals surface area contributed by atoms with Gasteiger partial charge in [-0.15, -0.1) is 0 Å². The molecule has 3 aromatic carbocycles. The molecular formula is C23H17Cl2N3O2S. The standard InChI is InChI=1S/C23H17Cl2N3O2S/c24-16-11-8-15(9-12-16)10-13-21(29)28-23(31)27-18-5-3-4-17(14-18)26-22(30)19-6-1-2-7-20(19)25/h1-14H,(H,26,30)(H2,27,28,29,31). The van der Waals surface area contributed by atoms with Gasteiger partial charge in [0.05, 0.1) is 10.6 Å². The van der Waals surface area contributed by atoms with Gasteiger partial charge in [-0.3, -0.25) is 14.9 Å². The number of benzene rings is 3. The summed E-state index contributed by atoms with van der Waals surface area (Å²) in [6.45, 7) is 0. The lowest BCUT2D eigenvalue weighted by molar-refractivity contribution is -0.115. The number of nitrogens with one attached hydrogen (secondary N) is 3. The second-order valence-corrected chi connectivity index (χ2v) is 7.59. The number of carbonyl (C=O) groups excluding carboxylic acids is 2. The molecule has 156 valence electrons. The van der Waals surface area contributed by atoms with Crippen LogP contribution < -0.4 is 16.0 Å². The van der Waals surface area contributed by atoms with Crippen LogP contribution in [0, 0.1) is 0 Å². The van der Waals surface area contributed by atoms with E-state index in [1.165, 1.54) is 6.08 Å². The highest BCUT2D eigenvalue weighted by Gasteiger charge is 2.10. The van der Waals surface area contributed by atoms with Crippen LogP contribution in [-0.2, 0) is 4.79 Å². The van der Waals surface area contributed by atoms with Gasteiger partial charge in [0.15, 0.2) is 5.11 Å². The van der Waals surface area contributed by atoms with Crippen LogP contribution in [0.5, 0.6) is 0 Å². The summed E-state index contributed by atoms with van der Waals surface area (Å²) < 4.78 is 0. The number of hydrogen-bond donors (Lipinski definition) is 3. The zero-order valence-corrected chi connectivity index (χ0v) is 18.4. The van der Waals surface area contributed by atoms with Gasteiger partial charge in [0, 0.05) is 22.5 Å². The molecule has 3 N–H and O–H groups in total. The number of rotatable bonds is 5. The van der Waals surface area contributed by atoms with Gasteiger partial charge in [0.1, 0.15) is 0 Å². The third-order valence-corrected chi connectivity index (χ3v) is 4.82. The van der Waals surface area contributed by atoms with Crippen LogP contribution in [0.25, 0.3) is 6.08 Å². The van der Waals surface area contributed by atoms with Crippen LogP contribution in [0.2, 0.25) is 10.0 Å². The van der Waals surface area contributed by atoms with E-state index >= 15 is 0 Å². The highest BCUT2D eigenvalue weighted by Crippen LogP contribution is 2.19. The van der Waals surface area contributed by atoms with Gasteiger partial charge in [-0.25, -0.2) is 0 Å². The summed E-state index contributed by atoms with van der Waals surface area (Å²) >= 11 is 17.1. The Labute approximate surface area is 195 Å². The lowest BCUT2D eigenvalue weighted by Crippen LogP contribution is -2.32. The molecule has 0 aliphatic carbocycles. The number of carbonyl (C=O) groups is 2. The Morgan fingerprint density at radius 2 is 1.52 bits per heavy atom. The zero-order chi connectivity index (χ0) is 22.2. The molecule has 0 aromatic heterocycles. The number of thiocarbonyl (C=S) groups is 1. The van der Waals surface area contributed by atoms with Crippen molar-refractivity contribution in [2.24, 2.45) is 0 Å². The molecule has 3 rings (SSSR count). The van der Waals surface area contributed by atoms with Crippen molar-refractivity contribution in [2.45, 2.75) is 0 Å². The predicted molar refractivity (Wildman–Crippen MR) is 131 cm³/mol. The molecular weight excluding hydrogens is 453 g/mol. The van der Waals surface area contributed by atoms with Crippen molar-refractivity contribution < 1.29 is 9.59 Å². The predicted octanol–water partition coefficient (Wildman–Crippen LogP) is 5.77. The Hall–Kier alpha value is -3.19. The van der Waals surface area contributed by atoms with Crippen LogP contribution in [0.4, 0.5) is 11.4 Å². The first-order chi connectivity index (χ1) is 14.9. The summed E-state index contributed by atoms with van der Waals surface area (Å²) in [6, 6.07) is 20.8. The average Bonchev–Trinajstić information content (AvgIpc) is 2.73. The summed E-state index contributed by atoms with van der Waals surface area (Å²) in [5.41, 5.74) is 2.36. The largest absolute Gasteiger partial charge is 0.332 e. The normalized spacial score (nSPS) is 10.5. The van der Waals surface area contributed by atoms with Crippen molar-refractivity contribution in [2.75, 3.05) is 10.6 Å². The molecule has 0 spiro atoms. The van der Waals surface area contributed by atoms with Gasteiger partial charge in [0.2, 0.25) is 5.91 Å². The SMILES string of the molecule is O=C(C=Cc1ccc(Cl)cc1)NC(=S)Nc1cccc(NC(=O)c2ccccc2Cl)c1. The van der Waals surface area contributed by atoms with E-state index in [0.29, 0.717) is 27.0 Å². The maximum atomic E-state index is 12.4. The van der Waals surface area contributed by atoms with Gasteiger partial charge < -0.3 is 10.6 Å². The molecule has 0 atom stereocenters. The second kappa shape index (κ2) is 10.7. The summed E-state index contributed by atoms with van der Waals surface area (Å²) in [7, 11) is 0. The Bertz CT molecular complexity index is 1150. The molecule has 3 aromatic rings. The van der Waals surface area contributed by atoms with E-state index in [1.807, 2.05) is 0 Å². The summed E-state index contributed by atoms with van der Waals surface area (Å²) in [5.74, 6) is -0.707. The molecule has 31 heavy (non-hydrogen) atoms. The van der Waals surface area contributed by atoms with Crippen LogP contribution in [0.15, 0.2) is 78.9 Å². The van der Waals surface area contributed by atoms with Crippen molar-refractivity contribution in [3.63, 3.8) is 0 Å². The van der Waals surface area contributed by atoms with Crippen molar-refractivity contribution in [3.8, 4) is 0 Å². The first kappa shape index (κ1) is 22.5. The fourth-order valence-corrected chi connectivity index (χ4v) is 3.15. The minimum atomic E-state index is -0.379. The molecule has 0 bridgehead atoms. The van der Waals surface area contributed by atoms with Crippen LogP contribution in [-0.4, -0.2) is 16.9 Å². The van der Waals surface area contributed by atoms with Gasteiger partial charge in [-0.1, -0.05) is 53.5 Å². The van der Waals surface area contributed by atoms with Crippen molar-refractivity contribution in [1.29, 1.82) is 0 Å². The Kier molecular flexibility index (Phi) is 7.78. The third-order valence-electron chi connectivity index (χ3n) is 4.03. The van der Waals surface area contributed by atoms with E-state index < -0.39 is 0 Å². The van der Waals surface area contributed by atoms with Crippen molar-refractivity contribution in [3.05, 3.63) is 100 Å². The molecule has 8 heteroatoms. The third kappa shape index (κ3) is 6.93. The summed E-state index contributed by atoms with van der Waals surface area (Å²) in [5, 5.41) is 9.38. The van der Waals surface area contributed by atoms with Crippen molar-refractivity contribution >= 4 is 69.8 Å². The van der Waals surface area contributed by atoms with Gasteiger partial charge in [-0.2, -0.15) is 0 Å². The van der Waals surface area contributed by atoms with E-state index in [4.69, 9.17) is 35.4 Å². The summed E-state index contributed by atoms with van der Waals surface area (Å²) in [4.78, 5) is 24.5. The zero-order valence-electron chi connectivity index (χ0n) is 16.1. The van der Waals surface area contributed by atoms with E-state index in [2.05, 4.69) is 16.0 Å². The molecule has 0 radical (unpaired) electrons. The highest BCUT2D eigenvalue weighted by molar-refractivity contribution is 7.80. The smallest absolute Gasteiger partial charge is 0.257 e. The molecule has 0 saturated heterocycles. The summed E-state index contributed by atoms with van der Waals surface area (Å²) in [6.07, 6.45) is 3.02. The van der Waals surface area contributed by atoms with Crippen molar-refractivity contribution in [1.82, 2.24) is 5.32 Å². The van der Waals surface area contributed by atoms with Gasteiger partial charge >= 0.3 is 0 Å². The first-order valence-corrected chi connectivity index (χ1v) is 10.3. The fourth-order valence-electron chi connectivity index (χ4n) is 2.58. The molecule has 0 heterocycles. The van der Waals surface area contributed by atoms with E-state index in [-0.39, 0.29) is 16.9 Å². The van der Waals surface area contributed by atoms with Gasteiger partial charge in [0.25, 0.3) is 5.91 Å². The average molecular weight is 470 g/mol. The maximum absolute atomic E-state index is 12.4. The second-order valence-electron chi connectivity index (χ2n) is 6.34. The number of hydrogen-bond acceptors (Lipinski definition) is 3. The molecule has 0 fully saturated rings. The van der Waals surface area contributed by atoms with E-state index in [0.717, 1.165) is 5.56 Å². The quantitative estimate of drug-likeness (QED) is 0.327. The minimum Gasteiger partial charge on any atom is -0.332 e. The molecule has 0 saturated carbocycles. The minimum absolute atomic E-state index is 0.125.